The lowest BCUT2D eigenvalue weighted by Gasteiger charge is -2.17. The number of hydrogen-bond acceptors (Lipinski definition) is 10. The van der Waals surface area contributed by atoms with Gasteiger partial charge in [-0.3, -0.25) is 0 Å². The fourth-order valence-electron chi connectivity index (χ4n) is 4.58. The average molecular weight is 647 g/mol. The summed E-state index contributed by atoms with van der Waals surface area (Å²) in [6, 6.07) is 35.7. The van der Waals surface area contributed by atoms with Crippen molar-refractivity contribution in [3.8, 4) is 46.0 Å². The molecule has 0 aliphatic rings. The lowest BCUT2D eigenvalue weighted by molar-refractivity contribution is 0.446. The molecule has 6 aromatic rings. The van der Waals surface area contributed by atoms with Gasteiger partial charge in [0, 0.05) is 47.0 Å². The van der Waals surface area contributed by atoms with Crippen molar-refractivity contribution >= 4 is 32.6 Å². The van der Waals surface area contributed by atoms with Crippen LogP contribution in [0.15, 0.2) is 143 Å². The third kappa shape index (κ3) is 7.32. The molecular formula is C36H30N4O6S. The van der Waals surface area contributed by atoms with Gasteiger partial charge in [0.25, 0.3) is 0 Å². The van der Waals surface area contributed by atoms with E-state index in [-0.39, 0.29) is 21.3 Å². The van der Waals surface area contributed by atoms with Crippen LogP contribution in [0.3, 0.4) is 0 Å². The Hall–Kier alpha value is -6.33. The van der Waals surface area contributed by atoms with Gasteiger partial charge < -0.3 is 41.9 Å². The molecule has 0 spiro atoms. The molecule has 0 radical (unpaired) electrons. The highest BCUT2D eigenvalue weighted by Crippen LogP contribution is 2.42. The van der Waals surface area contributed by atoms with E-state index < -0.39 is 9.84 Å². The molecule has 0 aliphatic carbocycles. The summed E-state index contributed by atoms with van der Waals surface area (Å²) < 4.78 is 53.2. The highest BCUT2D eigenvalue weighted by atomic mass is 32.2. The van der Waals surface area contributed by atoms with Crippen LogP contribution in [0.5, 0.6) is 46.0 Å². The van der Waals surface area contributed by atoms with Crippen LogP contribution in [-0.4, -0.2) is 8.42 Å². The van der Waals surface area contributed by atoms with E-state index in [1.807, 2.05) is 0 Å². The molecule has 0 saturated heterocycles. The van der Waals surface area contributed by atoms with Gasteiger partial charge in [-0.15, -0.1) is 0 Å². The molecule has 47 heavy (non-hydrogen) atoms. The standard InChI is InChI=1S/C36H30N4O6S/c37-23-7-11-27(12-8-23)45-33-21-31(43-29-5-1-3-25(39)19-29)15-17-35(33)47(41,42)36-18-16-32(44-30-6-2-4-26(40)20-30)22-34(36)46-28-13-9-24(38)10-14-28/h1-22H,37-40H2. The van der Waals surface area contributed by atoms with Gasteiger partial charge in [-0.25, -0.2) is 8.42 Å². The quantitative estimate of drug-likeness (QED) is 0.107. The highest BCUT2D eigenvalue weighted by Gasteiger charge is 2.28. The summed E-state index contributed by atoms with van der Waals surface area (Å²) >= 11 is 0. The number of rotatable bonds is 10. The smallest absolute Gasteiger partial charge is 0.213 e. The Morgan fingerprint density at radius 1 is 0.362 bits per heavy atom. The third-order valence-electron chi connectivity index (χ3n) is 6.81. The van der Waals surface area contributed by atoms with Crippen molar-refractivity contribution in [3.05, 3.63) is 133 Å². The molecule has 10 nitrogen and oxygen atoms in total. The molecule has 0 aliphatic heterocycles. The summed E-state index contributed by atoms with van der Waals surface area (Å²) in [4.78, 5) is -0.276. The number of hydrogen-bond donors (Lipinski definition) is 4. The maximum absolute atomic E-state index is 14.5. The van der Waals surface area contributed by atoms with Crippen LogP contribution in [0, 0.1) is 0 Å². The summed E-state index contributed by atoms with van der Waals surface area (Å²) in [6.07, 6.45) is 0. The maximum Gasteiger partial charge on any atom is 0.213 e. The molecule has 6 aromatic carbocycles. The Bertz CT molecular complexity index is 2010. The number of nitrogen functional groups attached to an aromatic ring is 4. The van der Waals surface area contributed by atoms with E-state index in [0.29, 0.717) is 57.2 Å². The van der Waals surface area contributed by atoms with Crippen LogP contribution in [0.1, 0.15) is 0 Å². The second-order valence-electron chi connectivity index (χ2n) is 10.4. The first kappa shape index (κ1) is 30.7. The molecule has 236 valence electrons. The van der Waals surface area contributed by atoms with E-state index in [0.717, 1.165) is 0 Å². The van der Waals surface area contributed by atoms with Gasteiger partial charge in [-0.1, -0.05) is 12.1 Å². The van der Waals surface area contributed by atoms with Crippen molar-refractivity contribution in [2.75, 3.05) is 22.9 Å². The number of ether oxygens (including phenoxy) is 4. The minimum Gasteiger partial charge on any atom is -0.457 e. The first-order chi connectivity index (χ1) is 22.6. The van der Waals surface area contributed by atoms with Gasteiger partial charge in [0.1, 0.15) is 55.8 Å². The Kier molecular flexibility index (Phi) is 8.46. The normalized spacial score (nSPS) is 11.1. The predicted molar refractivity (Wildman–Crippen MR) is 182 cm³/mol. The SMILES string of the molecule is Nc1ccc(Oc2cc(Oc3cccc(N)c3)ccc2S(=O)(=O)c2ccc(Oc3cccc(N)c3)cc2Oc2ccc(N)cc2)cc1. The van der Waals surface area contributed by atoms with E-state index in [1.54, 1.807) is 97.1 Å². The topological polar surface area (TPSA) is 175 Å². The average Bonchev–Trinajstić information content (AvgIpc) is 3.03. The minimum absolute atomic E-state index is 0.00898. The molecule has 8 N–H and O–H groups in total. The van der Waals surface area contributed by atoms with Gasteiger partial charge in [0.05, 0.1) is 0 Å². The fraction of sp³-hybridized carbons (Fsp3) is 0. The summed E-state index contributed by atoms with van der Waals surface area (Å²) in [5, 5.41) is 0. The zero-order valence-corrected chi connectivity index (χ0v) is 25.7. The van der Waals surface area contributed by atoms with Crippen molar-refractivity contribution in [2.45, 2.75) is 9.79 Å². The summed E-state index contributed by atoms with van der Waals surface area (Å²) in [5.41, 5.74) is 25.6. The molecule has 0 bridgehead atoms. The maximum atomic E-state index is 14.5. The molecule has 0 atom stereocenters. The van der Waals surface area contributed by atoms with Gasteiger partial charge in [-0.05, 0) is 97.1 Å². The minimum atomic E-state index is -4.30. The lowest BCUT2D eigenvalue weighted by Crippen LogP contribution is -2.07. The lowest BCUT2D eigenvalue weighted by atomic mass is 10.3. The van der Waals surface area contributed by atoms with Crippen LogP contribution >= 0.6 is 0 Å². The molecule has 0 fully saturated rings. The number of anilines is 4. The molecule has 0 unspecified atom stereocenters. The van der Waals surface area contributed by atoms with Gasteiger partial charge in [0.15, 0.2) is 0 Å². The molecule has 6 rings (SSSR count). The van der Waals surface area contributed by atoms with Gasteiger partial charge in [0.2, 0.25) is 9.84 Å². The van der Waals surface area contributed by atoms with Gasteiger partial charge in [-0.2, -0.15) is 0 Å². The second-order valence-corrected chi connectivity index (χ2v) is 12.3. The van der Waals surface area contributed by atoms with Gasteiger partial charge >= 0.3 is 0 Å². The molecule has 0 amide bonds. The third-order valence-corrected chi connectivity index (χ3v) is 8.65. The van der Waals surface area contributed by atoms with Crippen LogP contribution in [0.2, 0.25) is 0 Å². The number of benzene rings is 6. The van der Waals surface area contributed by atoms with Crippen molar-refractivity contribution in [3.63, 3.8) is 0 Å². The van der Waals surface area contributed by atoms with E-state index >= 15 is 0 Å². The largest absolute Gasteiger partial charge is 0.457 e. The Balaban J connectivity index is 1.44. The molecule has 0 aromatic heterocycles. The molecule has 11 heteroatoms. The zero-order chi connectivity index (χ0) is 33.0. The molecule has 0 saturated carbocycles. The van der Waals surface area contributed by atoms with Crippen molar-refractivity contribution in [1.82, 2.24) is 0 Å². The summed E-state index contributed by atoms with van der Waals surface area (Å²) in [6.45, 7) is 0. The predicted octanol–water partition coefficient (Wildman–Crippen LogP) is 8.02. The number of sulfone groups is 1. The highest BCUT2D eigenvalue weighted by molar-refractivity contribution is 7.91. The van der Waals surface area contributed by atoms with Crippen LogP contribution in [0.25, 0.3) is 0 Å². The Labute approximate surface area is 271 Å². The first-order valence-corrected chi connectivity index (χ1v) is 15.8. The van der Waals surface area contributed by atoms with E-state index in [2.05, 4.69) is 0 Å². The van der Waals surface area contributed by atoms with E-state index in [4.69, 9.17) is 41.9 Å². The Morgan fingerprint density at radius 3 is 1.11 bits per heavy atom. The first-order valence-electron chi connectivity index (χ1n) is 14.3. The molecule has 0 heterocycles. The fourth-order valence-corrected chi connectivity index (χ4v) is 6.04. The van der Waals surface area contributed by atoms with Crippen molar-refractivity contribution in [2.24, 2.45) is 0 Å². The number of nitrogens with two attached hydrogens (primary N) is 4. The van der Waals surface area contributed by atoms with E-state index in [1.165, 1.54) is 36.4 Å². The summed E-state index contributed by atoms with van der Waals surface area (Å²) in [7, 11) is -4.30. The molecular weight excluding hydrogens is 616 g/mol. The van der Waals surface area contributed by atoms with Crippen molar-refractivity contribution < 1.29 is 27.4 Å². The van der Waals surface area contributed by atoms with Crippen molar-refractivity contribution in [1.29, 1.82) is 0 Å². The monoisotopic (exact) mass is 646 g/mol. The van der Waals surface area contributed by atoms with E-state index in [9.17, 15) is 8.42 Å². The second kappa shape index (κ2) is 13.0. The van der Waals surface area contributed by atoms with Crippen LogP contribution in [0.4, 0.5) is 22.7 Å². The summed E-state index contributed by atoms with van der Waals surface area (Å²) in [5.74, 6) is 2.32. The Morgan fingerprint density at radius 2 is 0.723 bits per heavy atom. The zero-order valence-electron chi connectivity index (χ0n) is 24.9. The van der Waals surface area contributed by atoms with Crippen LogP contribution in [-0.2, 0) is 9.84 Å². The van der Waals surface area contributed by atoms with Crippen LogP contribution < -0.4 is 41.9 Å².